The number of hydrogen-bond acceptors (Lipinski definition) is 4. The van der Waals surface area contributed by atoms with E-state index in [1.807, 2.05) is 0 Å². The molecule has 0 unspecified atom stereocenters. The first kappa shape index (κ1) is 14.9. The molecule has 0 rings (SSSR count). The minimum atomic E-state index is -4.16. The molecule has 0 aromatic rings. The van der Waals surface area contributed by atoms with Gasteiger partial charge in [0.1, 0.15) is 0 Å². The molecular weight excluding hydrogens is 195 g/mol. The summed E-state index contributed by atoms with van der Waals surface area (Å²) in [6, 6.07) is 0. The van der Waals surface area contributed by atoms with Crippen LogP contribution in [-0.4, -0.2) is 29.8 Å². The molecule has 0 bridgehead atoms. The van der Waals surface area contributed by atoms with Crippen LogP contribution in [0, 0.1) is 0 Å². The van der Waals surface area contributed by atoms with E-state index in [-0.39, 0.29) is 48.8 Å². The van der Waals surface area contributed by atoms with Gasteiger partial charge in [-0.05, 0) is 12.8 Å². The molecule has 0 radical (unpaired) electrons. The van der Waals surface area contributed by atoms with Crippen molar-refractivity contribution in [2.75, 3.05) is 5.75 Å². The largest absolute Gasteiger partial charge is 1.00 e. The Labute approximate surface area is 93.2 Å². The molecule has 66 valence electrons. The monoisotopic (exact) mass is 204 g/mol. The summed E-state index contributed by atoms with van der Waals surface area (Å²) < 4.78 is 29.9. The molecule has 0 aromatic carbocycles. The van der Waals surface area contributed by atoms with Crippen molar-refractivity contribution < 1.29 is 52.4 Å². The van der Waals surface area contributed by atoms with Crippen molar-refractivity contribution in [3.05, 3.63) is 0 Å². The standard InChI is InChI=1S/C5H10O5S.Na/c6-5(7)3-1-2-4-11(8,9)10;/h1-4H2,(H,6,7)(H,8,9,10);/q;+1/p-1. The van der Waals surface area contributed by atoms with E-state index in [1.54, 1.807) is 0 Å². The Morgan fingerprint density at radius 2 is 1.83 bits per heavy atom. The minimum Gasteiger partial charge on any atom is -0.748 e. The third-order valence-electron chi connectivity index (χ3n) is 1.03. The summed E-state index contributed by atoms with van der Waals surface area (Å²) in [5.41, 5.74) is 0. The predicted octanol–water partition coefficient (Wildman–Crippen LogP) is -3.21. The van der Waals surface area contributed by atoms with Crippen LogP contribution < -0.4 is 29.6 Å². The summed E-state index contributed by atoms with van der Waals surface area (Å²) in [6.45, 7) is 0. The number of carboxylic acid groups (broad SMARTS) is 1. The van der Waals surface area contributed by atoms with Crippen molar-refractivity contribution in [3.8, 4) is 0 Å². The van der Waals surface area contributed by atoms with Gasteiger partial charge in [0, 0.05) is 12.2 Å². The van der Waals surface area contributed by atoms with Gasteiger partial charge in [-0.2, -0.15) is 0 Å². The summed E-state index contributed by atoms with van der Waals surface area (Å²) in [7, 11) is -4.16. The smallest absolute Gasteiger partial charge is 0.748 e. The van der Waals surface area contributed by atoms with Crippen molar-refractivity contribution in [2.24, 2.45) is 0 Å². The van der Waals surface area contributed by atoms with E-state index in [0.29, 0.717) is 0 Å². The van der Waals surface area contributed by atoms with Crippen LogP contribution in [0.15, 0.2) is 0 Å². The number of aliphatic carboxylic acids is 1. The zero-order valence-electron chi connectivity index (χ0n) is 6.82. The Morgan fingerprint density at radius 1 is 1.33 bits per heavy atom. The van der Waals surface area contributed by atoms with Crippen LogP contribution >= 0.6 is 0 Å². The number of hydrogen-bond donors (Lipinski definition) is 1. The molecule has 7 heteroatoms. The first-order chi connectivity index (χ1) is 4.92. The Balaban J connectivity index is 0. The molecule has 0 fully saturated rings. The van der Waals surface area contributed by atoms with Gasteiger partial charge in [-0.25, -0.2) is 8.42 Å². The van der Waals surface area contributed by atoms with Gasteiger partial charge in [0.2, 0.25) is 0 Å². The topological polar surface area (TPSA) is 94.5 Å². The molecule has 0 aliphatic heterocycles. The molecule has 0 heterocycles. The predicted molar refractivity (Wildman–Crippen MR) is 36.1 cm³/mol. The summed E-state index contributed by atoms with van der Waals surface area (Å²) in [5, 5.41) is 8.12. The summed E-state index contributed by atoms with van der Waals surface area (Å²) in [5.74, 6) is -1.45. The molecule has 0 amide bonds. The number of carbonyl (C=O) groups is 1. The molecule has 0 saturated carbocycles. The maximum absolute atomic E-state index is 9.97. The fraction of sp³-hybridized carbons (Fsp3) is 0.800. The first-order valence-corrected chi connectivity index (χ1v) is 4.65. The molecule has 5 nitrogen and oxygen atoms in total. The molecule has 0 aliphatic carbocycles. The third-order valence-corrected chi connectivity index (χ3v) is 1.82. The van der Waals surface area contributed by atoms with Gasteiger partial charge >= 0.3 is 35.5 Å². The van der Waals surface area contributed by atoms with Crippen LogP contribution in [0.25, 0.3) is 0 Å². The van der Waals surface area contributed by atoms with Crippen molar-refractivity contribution in [2.45, 2.75) is 19.3 Å². The molecule has 0 aromatic heterocycles. The van der Waals surface area contributed by atoms with Crippen molar-refractivity contribution in [3.63, 3.8) is 0 Å². The Kier molecular flexibility index (Phi) is 8.49. The second-order valence-corrected chi connectivity index (χ2v) is 3.64. The molecule has 12 heavy (non-hydrogen) atoms. The average Bonchev–Trinajstić information content (AvgIpc) is 1.78. The van der Waals surface area contributed by atoms with E-state index in [2.05, 4.69) is 0 Å². The van der Waals surface area contributed by atoms with Crippen LogP contribution in [0.3, 0.4) is 0 Å². The van der Waals surface area contributed by atoms with Gasteiger partial charge in [0.15, 0.2) is 0 Å². The zero-order chi connectivity index (χ0) is 8.91. The summed E-state index contributed by atoms with van der Waals surface area (Å²) in [6.07, 6.45) is 0.268. The van der Waals surface area contributed by atoms with Gasteiger partial charge in [-0.15, -0.1) is 0 Å². The van der Waals surface area contributed by atoms with Crippen LogP contribution in [0.2, 0.25) is 0 Å². The molecular formula is C5H9NaO5S. The quantitative estimate of drug-likeness (QED) is 0.289. The maximum Gasteiger partial charge on any atom is 1.00 e. The Hall–Kier alpha value is 0.380. The van der Waals surface area contributed by atoms with Gasteiger partial charge in [0.05, 0.1) is 10.1 Å². The average molecular weight is 204 g/mol. The maximum atomic E-state index is 9.97. The number of unbranched alkanes of at least 4 members (excludes halogenated alkanes) is 1. The first-order valence-electron chi connectivity index (χ1n) is 3.07. The van der Waals surface area contributed by atoms with Gasteiger partial charge in [0.25, 0.3) is 0 Å². The Bertz CT molecular complexity index is 222. The second kappa shape index (κ2) is 6.85. The third kappa shape index (κ3) is 13.0. The van der Waals surface area contributed by atoms with Gasteiger partial charge < -0.3 is 9.66 Å². The van der Waals surface area contributed by atoms with E-state index >= 15 is 0 Å². The molecule has 0 aliphatic rings. The van der Waals surface area contributed by atoms with Crippen LogP contribution in [0.1, 0.15) is 19.3 Å². The fourth-order valence-electron chi connectivity index (χ4n) is 0.555. The van der Waals surface area contributed by atoms with Crippen LogP contribution in [-0.2, 0) is 14.9 Å². The number of carboxylic acids is 1. The van der Waals surface area contributed by atoms with Crippen molar-refractivity contribution in [1.82, 2.24) is 0 Å². The van der Waals surface area contributed by atoms with E-state index in [4.69, 9.17) is 5.11 Å². The normalized spacial score (nSPS) is 10.4. The van der Waals surface area contributed by atoms with Gasteiger partial charge in [-0.1, -0.05) is 0 Å². The van der Waals surface area contributed by atoms with E-state index in [1.165, 1.54) is 0 Å². The van der Waals surface area contributed by atoms with E-state index in [9.17, 15) is 17.8 Å². The minimum absolute atomic E-state index is 0. The molecule has 0 atom stereocenters. The summed E-state index contributed by atoms with van der Waals surface area (Å²) >= 11 is 0. The van der Waals surface area contributed by atoms with Crippen molar-refractivity contribution in [1.29, 1.82) is 0 Å². The SMILES string of the molecule is O=C(O)CCCCS(=O)(=O)[O-].[Na+]. The van der Waals surface area contributed by atoms with Gasteiger partial charge in [-0.3, -0.25) is 4.79 Å². The van der Waals surface area contributed by atoms with E-state index < -0.39 is 21.8 Å². The zero-order valence-corrected chi connectivity index (χ0v) is 9.63. The molecule has 0 spiro atoms. The molecule has 1 N–H and O–H groups in total. The fourth-order valence-corrected chi connectivity index (χ4v) is 1.11. The molecule has 0 saturated heterocycles. The summed E-state index contributed by atoms with van der Waals surface area (Å²) in [4.78, 5) is 9.90. The van der Waals surface area contributed by atoms with Crippen LogP contribution in [0.5, 0.6) is 0 Å². The van der Waals surface area contributed by atoms with Crippen LogP contribution in [0.4, 0.5) is 0 Å². The number of rotatable bonds is 5. The Morgan fingerprint density at radius 3 is 2.17 bits per heavy atom. The second-order valence-electron chi connectivity index (χ2n) is 2.11. The van der Waals surface area contributed by atoms with E-state index in [0.717, 1.165) is 0 Å². The van der Waals surface area contributed by atoms with Crippen molar-refractivity contribution >= 4 is 16.1 Å².